The van der Waals surface area contributed by atoms with Crippen LogP contribution in [0.3, 0.4) is 0 Å². The van der Waals surface area contributed by atoms with Crippen LogP contribution in [0.1, 0.15) is 10.4 Å². The number of hydrogen-bond donors (Lipinski definition) is 0. The maximum atomic E-state index is 12.4. The summed E-state index contributed by atoms with van der Waals surface area (Å²) in [5.74, 6) is -0.501. The van der Waals surface area contributed by atoms with Crippen LogP contribution >= 0.6 is 22.9 Å². The number of thiazole rings is 1. The highest BCUT2D eigenvalue weighted by atomic mass is 35.5. The second-order valence-electron chi connectivity index (χ2n) is 5.25. The Morgan fingerprint density at radius 1 is 1.21 bits per heavy atom. The Hall–Kier alpha value is -1.96. The lowest BCUT2D eigenvalue weighted by molar-refractivity contribution is 0.0997. The zero-order valence-corrected chi connectivity index (χ0v) is 15.2. The molecule has 1 heterocycles. The Balaban J connectivity index is 2.11. The van der Waals surface area contributed by atoms with Crippen LogP contribution in [0.2, 0.25) is 5.02 Å². The van der Waals surface area contributed by atoms with Gasteiger partial charge in [0.2, 0.25) is 0 Å². The Morgan fingerprint density at radius 3 is 2.58 bits per heavy atom. The number of amides is 1. The van der Waals surface area contributed by atoms with Crippen molar-refractivity contribution < 1.29 is 13.2 Å². The molecule has 0 bridgehead atoms. The fraction of sp³-hybridized carbons (Fsp3) is 0.125. The van der Waals surface area contributed by atoms with Gasteiger partial charge in [-0.15, -0.1) is 0 Å². The summed E-state index contributed by atoms with van der Waals surface area (Å²) in [4.78, 5) is 17.1. The summed E-state index contributed by atoms with van der Waals surface area (Å²) in [6.07, 6.45) is 1.10. The van der Waals surface area contributed by atoms with Gasteiger partial charge < -0.3 is 4.57 Å². The molecule has 0 atom stereocenters. The summed E-state index contributed by atoms with van der Waals surface area (Å²) in [5, 5.41) is 0.583. The van der Waals surface area contributed by atoms with Crippen molar-refractivity contribution in [3.05, 3.63) is 57.9 Å². The summed E-state index contributed by atoms with van der Waals surface area (Å²) in [6.45, 7) is 0. The van der Waals surface area contributed by atoms with Crippen LogP contribution in [0.4, 0.5) is 0 Å². The fourth-order valence-corrected chi connectivity index (χ4v) is 4.34. The summed E-state index contributed by atoms with van der Waals surface area (Å²) >= 11 is 7.54. The SMILES string of the molecule is Cn1c(=NC(=O)c2cccc(S(C)(=O)=O)c2)sc2cccc(Cl)c21. The van der Waals surface area contributed by atoms with Crippen LogP contribution < -0.4 is 4.80 Å². The molecular weight excluding hydrogens is 368 g/mol. The number of sulfone groups is 1. The number of aryl methyl sites for hydroxylation is 1. The molecular formula is C16H13ClN2O3S2. The highest BCUT2D eigenvalue weighted by Gasteiger charge is 2.12. The summed E-state index contributed by atoms with van der Waals surface area (Å²) in [7, 11) is -1.60. The van der Waals surface area contributed by atoms with Crippen molar-refractivity contribution in [1.82, 2.24) is 4.57 Å². The van der Waals surface area contributed by atoms with Crippen LogP contribution in [0.5, 0.6) is 0 Å². The topological polar surface area (TPSA) is 68.5 Å². The van der Waals surface area contributed by atoms with Crippen molar-refractivity contribution in [2.45, 2.75) is 4.90 Å². The van der Waals surface area contributed by atoms with Crippen molar-refractivity contribution in [1.29, 1.82) is 0 Å². The first kappa shape index (κ1) is 16.9. The van der Waals surface area contributed by atoms with Crippen molar-refractivity contribution in [3.8, 4) is 0 Å². The molecule has 124 valence electrons. The average molecular weight is 381 g/mol. The van der Waals surface area contributed by atoms with Gasteiger partial charge in [0.1, 0.15) is 0 Å². The minimum atomic E-state index is -3.38. The molecule has 0 radical (unpaired) electrons. The van der Waals surface area contributed by atoms with E-state index in [2.05, 4.69) is 4.99 Å². The van der Waals surface area contributed by atoms with Gasteiger partial charge >= 0.3 is 0 Å². The van der Waals surface area contributed by atoms with Gasteiger partial charge in [-0.3, -0.25) is 4.79 Å². The molecule has 0 aliphatic carbocycles. The molecule has 2 aromatic carbocycles. The number of carbonyl (C=O) groups excluding carboxylic acids is 1. The summed E-state index contributed by atoms with van der Waals surface area (Å²) in [6, 6.07) is 11.4. The van der Waals surface area contributed by atoms with Crippen molar-refractivity contribution in [2.75, 3.05) is 6.26 Å². The number of rotatable bonds is 2. The molecule has 1 amide bonds. The molecule has 5 nitrogen and oxygen atoms in total. The minimum absolute atomic E-state index is 0.0901. The number of halogens is 1. The van der Waals surface area contributed by atoms with Crippen LogP contribution in [-0.2, 0) is 16.9 Å². The summed E-state index contributed by atoms with van der Waals surface area (Å²) < 4.78 is 25.9. The van der Waals surface area contributed by atoms with Gasteiger partial charge in [-0.25, -0.2) is 8.42 Å². The van der Waals surface area contributed by atoms with Crippen molar-refractivity contribution in [3.63, 3.8) is 0 Å². The first-order valence-electron chi connectivity index (χ1n) is 6.90. The lowest BCUT2D eigenvalue weighted by Gasteiger charge is -2.00. The molecule has 8 heteroatoms. The molecule has 0 fully saturated rings. The Kier molecular flexibility index (Phi) is 4.33. The molecule has 24 heavy (non-hydrogen) atoms. The van der Waals surface area contributed by atoms with E-state index < -0.39 is 15.7 Å². The van der Waals surface area contributed by atoms with Gasteiger partial charge in [-0.2, -0.15) is 4.99 Å². The third-order valence-corrected chi connectivity index (χ3v) is 5.99. The molecule has 0 saturated carbocycles. The van der Waals surface area contributed by atoms with E-state index in [9.17, 15) is 13.2 Å². The fourth-order valence-electron chi connectivity index (χ4n) is 2.27. The van der Waals surface area contributed by atoms with E-state index in [1.54, 1.807) is 23.7 Å². The highest BCUT2D eigenvalue weighted by Crippen LogP contribution is 2.24. The minimum Gasteiger partial charge on any atom is -0.318 e. The quantitative estimate of drug-likeness (QED) is 0.686. The molecule has 3 rings (SSSR count). The number of fused-ring (bicyclic) bond motifs is 1. The molecule has 0 saturated heterocycles. The molecule has 3 aromatic rings. The number of carbonyl (C=O) groups is 1. The Morgan fingerprint density at radius 2 is 1.92 bits per heavy atom. The number of nitrogens with zero attached hydrogens (tertiary/aromatic N) is 2. The van der Waals surface area contributed by atoms with Crippen LogP contribution in [0.25, 0.3) is 10.2 Å². The van der Waals surface area contributed by atoms with Crippen molar-refractivity contribution >= 4 is 48.9 Å². The third-order valence-electron chi connectivity index (χ3n) is 3.48. The van der Waals surface area contributed by atoms with E-state index in [1.165, 1.54) is 29.5 Å². The third kappa shape index (κ3) is 3.15. The first-order valence-corrected chi connectivity index (χ1v) is 9.99. The monoisotopic (exact) mass is 380 g/mol. The van der Waals surface area contributed by atoms with Crippen molar-refractivity contribution in [2.24, 2.45) is 12.0 Å². The number of hydrogen-bond acceptors (Lipinski definition) is 4. The smallest absolute Gasteiger partial charge is 0.279 e. The Bertz CT molecular complexity index is 1130. The maximum Gasteiger partial charge on any atom is 0.279 e. The average Bonchev–Trinajstić information content (AvgIpc) is 2.84. The second kappa shape index (κ2) is 6.16. The first-order chi connectivity index (χ1) is 11.3. The molecule has 0 aliphatic heterocycles. The second-order valence-corrected chi connectivity index (χ2v) is 8.68. The van der Waals surface area contributed by atoms with Crippen LogP contribution in [0, 0.1) is 0 Å². The number of para-hydroxylation sites is 1. The maximum absolute atomic E-state index is 12.4. The molecule has 1 aromatic heterocycles. The van der Waals surface area contributed by atoms with E-state index in [1.807, 2.05) is 12.1 Å². The predicted octanol–water partition coefficient (Wildman–Crippen LogP) is 3.04. The lowest BCUT2D eigenvalue weighted by Crippen LogP contribution is -2.13. The number of benzene rings is 2. The van der Waals surface area contributed by atoms with Crippen LogP contribution in [-0.4, -0.2) is 25.1 Å². The highest BCUT2D eigenvalue weighted by molar-refractivity contribution is 7.90. The molecule has 0 aliphatic rings. The normalized spacial score (nSPS) is 12.7. The zero-order chi connectivity index (χ0) is 17.5. The lowest BCUT2D eigenvalue weighted by atomic mass is 10.2. The van der Waals surface area contributed by atoms with E-state index in [0.29, 0.717) is 9.82 Å². The van der Waals surface area contributed by atoms with E-state index in [0.717, 1.165) is 16.5 Å². The van der Waals surface area contributed by atoms with Gasteiger partial charge in [-0.05, 0) is 30.3 Å². The summed E-state index contributed by atoms with van der Waals surface area (Å²) in [5.41, 5.74) is 1.03. The van der Waals surface area contributed by atoms with Gasteiger partial charge in [0.25, 0.3) is 5.91 Å². The predicted molar refractivity (Wildman–Crippen MR) is 95.3 cm³/mol. The van der Waals surface area contributed by atoms with Gasteiger partial charge in [0, 0.05) is 18.9 Å². The largest absolute Gasteiger partial charge is 0.318 e. The Labute approximate surface area is 147 Å². The van der Waals surface area contributed by atoms with E-state index >= 15 is 0 Å². The van der Waals surface area contributed by atoms with Crippen LogP contribution in [0.15, 0.2) is 52.4 Å². The van der Waals surface area contributed by atoms with Gasteiger partial charge in [0.05, 0.1) is 20.1 Å². The van der Waals surface area contributed by atoms with E-state index in [4.69, 9.17) is 11.6 Å². The van der Waals surface area contributed by atoms with E-state index in [-0.39, 0.29) is 10.5 Å². The molecule has 0 N–H and O–H groups in total. The molecule has 0 unspecified atom stereocenters. The van der Waals surface area contributed by atoms with Gasteiger partial charge in [-0.1, -0.05) is 35.1 Å². The zero-order valence-electron chi connectivity index (χ0n) is 12.9. The number of aromatic nitrogens is 1. The standard InChI is InChI=1S/C16H13ClN2O3S2/c1-19-14-12(17)7-4-8-13(14)23-16(19)18-15(20)10-5-3-6-11(9-10)24(2,21)22/h3-9H,1-2H3. The van der Waals surface area contributed by atoms with Gasteiger partial charge in [0.15, 0.2) is 14.6 Å². The molecule has 0 spiro atoms.